The van der Waals surface area contributed by atoms with Gasteiger partial charge in [-0.1, -0.05) is 0 Å². The number of carbonyl (C=O) groups is 5. The van der Waals surface area contributed by atoms with Crippen LogP contribution in [0.5, 0.6) is 0 Å². The molecule has 1 fully saturated rings. The Kier molecular flexibility index (Phi) is 8.17. The van der Waals surface area contributed by atoms with Gasteiger partial charge in [0.2, 0.25) is 0 Å². The Balaban J connectivity index is 3.24. The molecule has 5 atom stereocenters. The molecule has 1 rings (SSSR count). The van der Waals surface area contributed by atoms with Crippen molar-refractivity contribution in [3.63, 3.8) is 0 Å². The number of hydrogen-bond acceptors (Lipinski definition) is 10. The van der Waals surface area contributed by atoms with Crippen LogP contribution in [0.1, 0.15) is 34.1 Å². The molecule has 0 bridgehead atoms. The summed E-state index contributed by atoms with van der Waals surface area (Å²) in [6.07, 6.45) is -5.26. The molecule has 1 heterocycles. The summed E-state index contributed by atoms with van der Waals surface area (Å²) in [6.45, 7) is 4.26. The summed E-state index contributed by atoms with van der Waals surface area (Å²) in [4.78, 5) is 56.5. The van der Waals surface area contributed by atoms with E-state index in [1.165, 1.54) is 6.92 Å². The minimum absolute atomic E-state index is 0.181. The largest absolute Gasteiger partial charge is 0.463 e. The van der Waals surface area contributed by atoms with Crippen molar-refractivity contribution in [2.45, 2.75) is 64.6 Å². The highest BCUT2D eigenvalue weighted by molar-refractivity contribution is 5.69. The van der Waals surface area contributed by atoms with E-state index >= 15 is 0 Å². The minimum Gasteiger partial charge on any atom is -0.463 e. The van der Waals surface area contributed by atoms with Gasteiger partial charge in [0.15, 0.2) is 18.3 Å². The second-order valence-corrected chi connectivity index (χ2v) is 5.64. The maximum Gasteiger partial charge on any atom is 0.303 e. The summed E-state index contributed by atoms with van der Waals surface area (Å²) in [5.74, 6) is -2.73. The van der Waals surface area contributed by atoms with E-state index in [-0.39, 0.29) is 13.0 Å². The SMILES string of the molecule is CC(=O)OC[C@H]1O[C@@H](CC=O)[C@H](OC(C)=O)[C@@H](OC(C)=O)[C@H]1OC(C)=O. The van der Waals surface area contributed by atoms with Crippen LogP contribution in [0.2, 0.25) is 0 Å². The van der Waals surface area contributed by atoms with Gasteiger partial charge >= 0.3 is 23.9 Å². The summed E-state index contributed by atoms with van der Waals surface area (Å²) < 4.78 is 26.1. The van der Waals surface area contributed by atoms with E-state index in [0.717, 1.165) is 20.8 Å². The van der Waals surface area contributed by atoms with Crippen LogP contribution in [0.4, 0.5) is 0 Å². The van der Waals surface area contributed by atoms with Gasteiger partial charge in [0.25, 0.3) is 0 Å². The monoisotopic (exact) mass is 374 g/mol. The highest BCUT2D eigenvalue weighted by Crippen LogP contribution is 2.30. The van der Waals surface area contributed by atoms with Crippen molar-refractivity contribution < 1.29 is 47.7 Å². The summed E-state index contributed by atoms with van der Waals surface area (Å²) >= 11 is 0. The molecule has 0 spiro atoms. The Morgan fingerprint density at radius 3 is 1.65 bits per heavy atom. The molecule has 0 aliphatic carbocycles. The number of aldehydes is 1. The second kappa shape index (κ2) is 9.85. The van der Waals surface area contributed by atoms with Gasteiger partial charge in [-0.25, -0.2) is 0 Å². The van der Waals surface area contributed by atoms with E-state index in [2.05, 4.69) is 0 Å². The molecule has 1 saturated heterocycles. The Hall–Kier alpha value is -2.49. The van der Waals surface area contributed by atoms with Crippen LogP contribution in [-0.4, -0.2) is 67.3 Å². The van der Waals surface area contributed by atoms with E-state index in [4.69, 9.17) is 23.7 Å². The van der Waals surface area contributed by atoms with Gasteiger partial charge in [-0.05, 0) is 0 Å². The molecule has 0 aromatic heterocycles. The standard InChI is InChI=1S/C16H22O10/c1-8(18)22-7-13-15(24-10(3)20)16(25-11(4)21)14(23-9(2)19)12(26-13)5-6-17/h6,12-16H,5,7H2,1-4H3/t12-,13+,14-,15-,16+/m0/s1. The van der Waals surface area contributed by atoms with Crippen LogP contribution in [0, 0.1) is 0 Å². The molecule has 0 radical (unpaired) electrons. The fourth-order valence-corrected chi connectivity index (χ4v) is 2.60. The Morgan fingerprint density at radius 1 is 0.769 bits per heavy atom. The lowest BCUT2D eigenvalue weighted by molar-refractivity contribution is -0.252. The lowest BCUT2D eigenvalue weighted by Gasteiger charge is -2.44. The molecule has 0 aromatic carbocycles. The molecule has 146 valence electrons. The van der Waals surface area contributed by atoms with E-state index in [9.17, 15) is 24.0 Å². The molecule has 10 heteroatoms. The minimum atomic E-state index is -1.24. The molecule has 0 N–H and O–H groups in total. The van der Waals surface area contributed by atoms with Crippen LogP contribution < -0.4 is 0 Å². The topological polar surface area (TPSA) is 132 Å². The highest BCUT2D eigenvalue weighted by atomic mass is 16.7. The third-order valence-electron chi connectivity index (χ3n) is 3.42. The lowest BCUT2D eigenvalue weighted by atomic mass is 9.93. The predicted octanol–water partition coefficient (Wildman–Crippen LogP) is -0.299. The van der Waals surface area contributed by atoms with Gasteiger partial charge in [-0.3, -0.25) is 19.2 Å². The zero-order chi connectivity index (χ0) is 19.9. The van der Waals surface area contributed by atoms with Crippen molar-refractivity contribution in [2.24, 2.45) is 0 Å². The van der Waals surface area contributed by atoms with Crippen molar-refractivity contribution in [3.8, 4) is 0 Å². The molecule has 26 heavy (non-hydrogen) atoms. The number of hydrogen-bond donors (Lipinski definition) is 0. The Bertz CT molecular complexity index is 557. The van der Waals surface area contributed by atoms with Crippen LogP contribution in [0.25, 0.3) is 0 Å². The number of ether oxygens (including phenoxy) is 5. The number of rotatable bonds is 7. The fraction of sp³-hybridized carbons (Fsp3) is 0.688. The lowest BCUT2D eigenvalue weighted by Crippen LogP contribution is -2.62. The summed E-state index contributed by atoms with van der Waals surface area (Å²) in [5.41, 5.74) is 0. The summed E-state index contributed by atoms with van der Waals surface area (Å²) in [7, 11) is 0. The van der Waals surface area contributed by atoms with Crippen LogP contribution >= 0.6 is 0 Å². The van der Waals surface area contributed by atoms with Gasteiger partial charge in [0.1, 0.15) is 25.1 Å². The van der Waals surface area contributed by atoms with E-state index in [1.54, 1.807) is 0 Å². The smallest absolute Gasteiger partial charge is 0.303 e. The molecular weight excluding hydrogens is 352 g/mol. The van der Waals surface area contributed by atoms with E-state index in [1.807, 2.05) is 0 Å². The maximum atomic E-state index is 11.5. The summed E-state index contributed by atoms with van der Waals surface area (Å²) in [6, 6.07) is 0. The quantitative estimate of drug-likeness (QED) is 0.332. The van der Waals surface area contributed by atoms with Crippen LogP contribution in [0.15, 0.2) is 0 Å². The number of esters is 4. The normalized spacial score (nSPS) is 27.8. The Morgan fingerprint density at radius 2 is 1.23 bits per heavy atom. The molecule has 10 nitrogen and oxygen atoms in total. The average molecular weight is 374 g/mol. The zero-order valence-electron chi connectivity index (χ0n) is 15.0. The second-order valence-electron chi connectivity index (χ2n) is 5.64. The van der Waals surface area contributed by atoms with Crippen LogP contribution in [-0.2, 0) is 47.7 Å². The third-order valence-corrected chi connectivity index (χ3v) is 3.42. The number of carbonyl (C=O) groups excluding carboxylic acids is 5. The van der Waals surface area contributed by atoms with E-state index < -0.39 is 54.4 Å². The van der Waals surface area contributed by atoms with Crippen molar-refractivity contribution in [3.05, 3.63) is 0 Å². The molecule has 0 aromatic rings. The first-order valence-corrected chi connectivity index (χ1v) is 7.89. The van der Waals surface area contributed by atoms with E-state index in [0.29, 0.717) is 6.29 Å². The molecule has 0 saturated carbocycles. The first kappa shape index (κ1) is 21.6. The van der Waals surface area contributed by atoms with Crippen molar-refractivity contribution in [1.29, 1.82) is 0 Å². The van der Waals surface area contributed by atoms with Crippen molar-refractivity contribution in [1.82, 2.24) is 0 Å². The van der Waals surface area contributed by atoms with Gasteiger partial charge in [0.05, 0.1) is 0 Å². The molecule has 1 aliphatic heterocycles. The molecular formula is C16H22O10. The van der Waals surface area contributed by atoms with Crippen molar-refractivity contribution >= 4 is 30.2 Å². The molecule has 1 aliphatic rings. The first-order chi connectivity index (χ1) is 12.1. The van der Waals surface area contributed by atoms with Crippen LogP contribution in [0.3, 0.4) is 0 Å². The zero-order valence-corrected chi connectivity index (χ0v) is 15.0. The third kappa shape index (κ3) is 6.43. The van der Waals surface area contributed by atoms with Crippen molar-refractivity contribution in [2.75, 3.05) is 6.61 Å². The summed E-state index contributed by atoms with van der Waals surface area (Å²) in [5, 5.41) is 0. The van der Waals surface area contributed by atoms with Gasteiger partial charge < -0.3 is 28.5 Å². The predicted molar refractivity (Wildman–Crippen MR) is 82.6 cm³/mol. The van der Waals surface area contributed by atoms with Gasteiger partial charge in [-0.2, -0.15) is 0 Å². The molecule has 0 unspecified atom stereocenters. The Labute approximate surface area is 150 Å². The molecule has 0 amide bonds. The average Bonchev–Trinajstić information content (AvgIpc) is 2.50. The maximum absolute atomic E-state index is 11.5. The van der Waals surface area contributed by atoms with Gasteiger partial charge in [0, 0.05) is 34.1 Å². The fourth-order valence-electron chi connectivity index (χ4n) is 2.60. The van der Waals surface area contributed by atoms with Gasteiger partial charge in [-0.15, -0.1) is 0 Å². The first-order valence-electron chi connectivity index (χ1n) is 7.89. The highest BCUT2D eigenvalue weighted by Gasteiger charge is 2.51.